The number of para-hydroxylation sites is 1. The molecule has 2 N–H and O–H groups in total. The first kappa shape index (κ1) is 18.6. The van der Waals surface area contributed by atoms with Crippen LogP contribution < -0.4 is 15.5 Å². The van der Waals surface area contributed by atoms with Crippen molar-refractivity contribution in [3.05, 3.63) is 35.9 Å². The van der Waals surface area contributed by atoms with Crippen molar-refractivity contribution >= 4 is 22.6 Å². The highest BCUT2D eigenvalue weighted by molar-refractivity contribution is 5.85. The number of nitrogens with one attached hydrogen (secondary N) is 2. The zero-order chi connectivity index (χ0) is 18.5. The average molecular weight is 354 g/mol. The molecule has 1 aliphatic rings. The summed E-state index contributed by atoms with van der Waals surface area (Å²) in [5.74, 6) is 2.07. The molecule has 3 rings (SSSR count). The fraction of sp³-hybridized carbons (Fsp3) is 0.524. The summed E-state index contributed by atoms with van der Waals surface area (Å²) >= 11 is 0. The number of rotatable bonds is 6. The fourth-order valence-corrected chi connectivity index (χ4v) is 3.70. The van der Waals surface area contributed by atoms with E-state index >= 15 is 0 Å². The summed E-state index contributed by atoms with van der Waals surface area (Å²) in [6, 6.07) is 10.2. The molecular weight excluding hydrogens is 324 g/mol. The SMILES string of the molecule is CC(CC(=O)NCc1cc(N(C)C)nc2ccccc12)C1CCCNC1. The van der Waals surface area contributed by atoms with Gasteiger partial charge in [-0.2, -0.15) is 0 Å². The quantitative estimate of drug-likeness (QED) is 0.837. The van der Waals surface area contributed by atoms with E-state index in [9.17, 15) is 4.79 Å². The minimum Gasteiger partial charge on any atom is -0.363 e. The number of hydrogen-bond acceptors (Lipinski definition) is 4. The number of benzene rings is 1. The van der Waals surface area contributed by atoms with Crippen LogP contribution in [0.1, 0.15) is 31.7 Å². The van der Waals surface area contributed by atoms with Crippen molar-refractivity contribution in [2.24, 2.45) is 11.8 Å². The number of fused-ring (bicyclic) bond motifs is 1. The molecule has 1 aromatic heterocycles. The third kappa shape index (κ3) is 4.52. The van der Waals surface area contributed by atoms with Crippen LogP contribution in [0.3, 0.4) is 0 Å². The third-order valence-corrected chi connectivity index (χ3v) is 5.37. The number of carbonyl (C=O) groups is 1. The first-order valence-electron chi connectivity index (χ1n) is 9.58. The third-order valence-electron chi connectivity index (χ3n) is 5.37. The number of hydrogen-bond donors (Lipinski definition) is 2. The van der Waals surface area contributed by atoms with Crippen LogP contribution >= 0.6 is 0 Å². The van der Waals surface area contributed by atoms with Gasteiger partial charge in [0.05, 0.1) is 5.52 Å². The van der Waals surface area contributed by atoms with Crippen molar-refractivity contribution in [2.45, 2.75) is 32.7 Å². The standard InChI is InChI=1S/C21H30N4O/c1-15(16-7-6-10-22-13-16)11-21(26)23-14-17-12-20(25(2)3)24-19-9-5-4-8-18(17)19/h4-5,8-9,12,15-16,22H,6-7,10-11,13-14H2,1-3H3,(H,23,26). The van der Waals surface area contributed by atoms with Crippen molar-refractivity contribution in [1.29, 1.82) is 0 Å². The summed E-state index contributed by atoms with van der Waals surface area (Å²) in [5, 5.41) is 7.66. The Balaban J connectivity index is 1.65. The molecule has 0 bridgehead atoms. The van der Waals surface area contributed by atoms with E-state index in [2.05, 4.69) is 34.7 Å². The topological polar surface area (TPSA) is 57.3 Å². The number of amides is 1. The first-order chi connectivity index (χ1) is 12.5. The monoisotopic (exact) mass is 354 g/mol. The minimum atomic E-state index is 0.135. The van der Waals surface area contributed by atoms with Crippen molar-refractivity contribution < 1.29 is 4.79 Å². The summed E-state index contributed by atoms with van der Waals surface area (Å²) in [4.78, 5) is 19.1. The zero-order valence-electron chi connectivity index (χ0n) is 16.1. The van der Waals surface area contributed by atoms with Gasteiger partial charge >= 0.3 is 0 Å². The molecule has 0 aliphatic carbocycles. The Morgan fingerprint density at radius 1 is 1.38 bits per heavy atom. The van der Waals surface area contributed by atoms with E-state index in [1.54, 1.807) is 0 Å². The molecule has 0 radical (unpaired) electrons. The van der Waals surface area contributed by atoms with Crippen molar-refractivity contribution in [3.63, 3.8) is 0 Å². The van der Waals surface area contributed by atoms with E-state index < -0.39 is 0 Å². The van der Waals surface area contributed by atoms with E-state index in [4.69, 9.17) is 0 Å². The second-order valence-electron chi connectivity index (χ2n) is 7.62. The number of nitrogens with zero attached hydrogens (tertiary/aromatic N) is 2. The molecule has 2 unspecified atom stereocenters. The maximum absolute atomic E-state index is 12.5. The van der Waals surface area contributed by atoms with Gasteiger partial charge in [0.2, 0.25) is 5.91 Å². The lowest BCUT2D eigenvalue weighted by molar-refractivity contribution is -0.122. The smallest absolute Gasteiger partial charge is 0.220 e. The molecule has 1 amide bonds. The lowest BCUT2D eigenvalue weighted by Gasteiger charge is -2.28. The molecule has 5 heteroatoms. The van der Waals surface area contributed by atoms with Crippen LogP contribution in [0.15, 0.2) is 30.3 Å². The molecule has 1 saturated heterocycles. The summed E-state index contributed by atoms with van der Waals surface area (Å²) in [5.41, 5.74) is 2.07. The van der Waals surface area contributed by atoms with Gasteiger partial charge in [0, 0.05) is 32.4 Å². The maximum atomic E-state index is 12.5. The van der Waals surface area contributed by atoms with Crippen LogP contribution in [0.4, 0.5) is 5.82 Å². The Kier molecular flexibility index (Phi) is 6.09. The molecule has 0 spiro atoms. The Bertz CT molecular complexity index is 753. The number of carbonyl (C=O) groups excluding carboxylic acids is 1. The largest absolute Gasteiger partial charge is 0.363 e. The highest BCUT2D eigenvalue weighted by Gasteiger charge is 2.22. The predicted octanol–water partition coefficient (Wildman–Crippen LogP) is 2.94. The number of pyridine rings is 1. The molecule has 0 saturated carbocycles. The van der Waals surface area contributed by atoms with Crippen LogP contribution in [0.25, 0.3) is 10.9 Å². The molecule has 1 aliphatic heterocycles. The second-order valence-corrected chi connectivity index (χ2v) is 7.62. The number of anilines is 1. The van der Waals surface area contributed by atoms with Gasteiger partial charge in [0.25, 0.3) is 0 Å². The molecule has 1 fully saturated rings. The lowest BCUT2D eigenvalue weighted by atomic mass is 9.85. The van der Waals surface area contributed by atoms with E-state index in [0.29, 0.717) is 24.8 Å². The van der Waals surface area contributed by atoms with E-state index in [-0.39, 0.29) is 5.91 Å². The Hall–Kier alpha value is -2.14. The number of aromatic nitrogens is 1. The van der Waals surface area contributed by atoms with Gasteiger partial charge in [0.15, 0.2) is 0 Å². The van der Waals surface area contributed by atoms with Crippen molar-refractivity contribution in [1.82, 2.24) is 15.6 Å². The molecular formula is C21H30N4O. The maximum Gasteiger partial charge on any atom is 0.220 e. The van der Waals surface area contributed by atoms with Gasteiger partial charge in [-0.3, -0.25) is 4.79 Å². The molecule has 140 valence electrons. The second kappa shape index (κ2) is 8.49. The van der Waals surface area contributed by atoms with Gasteiger partial charge in [-0.25, -0.2) is 4.98 Å². The molecule has 1 aromatic carbocycles. The predicted molar refractivity (Wildman–Crippen MR) is 107 cm³/mol. The summed E-state index contributed by atoms with van der Waals surface area (Å²) in [7, 11) is 3.97. The highest BCUT2D eigenvalue weighted by Crippen LogP contribution is 2.24. The zero-order valence-corrected chi connectivity index (χ0v) is 16.1. The Morgan fingerprint density at radius 2 is 2.19 bits per heavy atom. The van der Waals surface area contributed by atoms with Crippen molar-refractivity contribution in [2.75, 3.05) is 32.1 Å². The summed E-state index contributed by atoms with van der Waals surface area (Å²) in [6.07, 6.45) is 3.03. The lowest BCUT2D eigenvalue weighted by Crippen LogP contribution is -2.35. The van der Waals surface area contributed by atoms with Crippen LogP contribution in [-0.2, 0) is 11.3 Å². The van der Waals surface area contributed by atoms with Crippen LogP contribution in [0, 0.1) is 11.8 Å². The first-order valence-corrected chi connectivity index (χ1v) is 9.58. The van der Waals surface area contributed by atoms with Crippen LogP contribution in [-0.4, -0.2) is 38.1 Å². The normalized spacial score (nSPS) is 18.5. The van der Waals surface area contributed by atoms with Gasteiger partial charge in [-0.1, -0.05) is 25.1 Å². The van der Waals surface area contributed by atoms with E-state index in [1.807, 2.05) is 37.2 Å². The highest BCUT2D eigenvalue weighted by atomic mass is 16.1. The molecule has 26 heavy (non-hydrogen) atoms. The molecule has 2 atom stereocenters. The fourth-order valence-electron chi connectivity index (χ4n) is 3.70. The van der Waals surface area contributed by atoms with E-state index in [0.717, 1.165) is 35.4 Å². The van der Waals surface area contributed by atoms with Gasteiger partial charge < -0.3 is 15.5 Å². The average Bonchev–Trinajstić information content (AvgIpc) is 2.66. The van der Waals surface area contributed by atoms with Gasteiger partial charge in [0.1, 0.15) is 5.82 Å². The van der Waals surface area contributed by atoms with E-state index in [1.165, 1.54) is 12.8 Å². The molecule has 5 nitrogen and oxygen atoms in total. The van der Waals surface area contributed by atoms with Gasteiger partial charge in [-0.05, 0) is 55.5 Å². The molecule has 2 aromatic rings. The van der Waals surface area contributed by atoms with Crippen LogP contribution in [0.5, 0.6) is 0 Å². The Labute approximate surface area is 156 Å². The minimum absolute atomic E-state index is 0.135. The Morgan fingerprint density at radius 3 is 2.92 bits per heavy atom. The van der Waals surface area contributed by atoms with Crippen molar-refractivity contribution in [3.8, 4) is 0 Å². The van der Waals surface area contributed by atoms with Gasteiger partial charge in [-0.15, -0.1) is 0 Å². The number of piperidine rings is 1. The summed E-state index contributed by atoms with van der Waals surface area (Å²) in [6.45, 7) is 4.88. The summed E-state index contributed by atoms with van der Waals surface area (Å²) < 4.78 is 0. The molecule has 2 heterocycles. The van der Waals surface area contributed by atoms with Crippen LogP contribution in [0.2, 0.25) is 0 Å².